The van der Waals surface area contributed by atoms with Crippen LogP contribution in [-0.4, -0.2) is 60.9 Å². The maximum Gasteiger partial charge on any atom is 0.270 e. The molecule has 1 saturated heterocycles. The summed E-state index contributed by atoms with van der Waals surface area (Å²) in [6.45, 7) is 3.84. The van der Waals surface area contributed by atoms with Gasteiger partial charge in [-0.2, -0.15) is 0 Å². The summed E-state index contributed by atoms with van der Waals surface area (Å²) in [4.78, 5) is 29.9. The maximum atomic E-state index is 13.2. The normalized spacial score (nSPS) is 15.1. The van der Waals surface area contributed by atoms with E-state index >= 15 is 0 Å². The monoisotopic (exact) mass is 382 g/mol. The van der Waals surface area contributed by atoms with Crippen LogP contribution in [-0.2, 0) is 6.54 Å². The molecule has 2 aromatic carbocycles. The Balaban J connectivity index is 1.74. The Kier molecular flexibility index (Phi) is 6.26. The number of nitro groups is 1. The molecule has 148 valence electrons. The van der Waals surface area contributed by atoms with E-state index in [2.05, 4.69) is 17.0 Å². The second-order valence-corrected chi connectivity index (χ2v) is 7.26. The van der Waals surface area contributed by atoms with Gasteiger partial charge in [-0.05, 0) is 18.1 Å². The van der Waals surface area contributed by atoms with Gasteiger partial charge in [0.1, 0.15) is 0 Å². The predicted octanol–water partition coefficient (Wildman–Crippen LogP) is 3.01. The van der Waals surface area contributed by atoms with Gasteiger partial charge in [0.15, 0.2) is 0 Å². The quantitative estimate of drug-likeness (QED) is 0.587. The highest BCUT2D eigenvalue weighted by molar-refractivity contribution is 6.00. The number of amides is 1. The van der Waals surface area contributed by atoms with Crippen molar-refractivity contribution in [2.45, 2.75) is 13.0 Å². The lowest BCUT2D eigenvalue weighted by Gasteiger charge is -2.24. The third-order valence-electron chi connectivity index (χ3n) is 5.03. The predicted molar refractivity (Wildman–Crippen MR) is 110 cm³/mol. The van der Waals surface area contributed by atoms with Crippen LogP contribution in [0.4, 0.5) is 11.4 Å². The van der Waals surface area contributed by atoms with Crippen LogP contribution in [0.3, 0.4) is 0 Å². The summed E-state index contributed by atoms with van der Waals surface area (Å²) in [5.41, 5.74) is 2.28. The van der Waals surface area contributed by atoms with E-state index in [1.54, 1.807) is 6.07 Å². The molecule has 2 aromatic rings. The van der Waals surface area contributed by atoms with Gasteiger partial charge in [0.25, 0.3) is 11.6 Å². The van der Waals surface area contributed by atoms with Gasteiger partial charge in [0.05, 0.1) is 10.5 Å². The van der Waals surface area contributed by atoms with Crippen LogP contribution >= 0.6 is 0 Å². The van der Waals surface area contributed by atoms with Gasteiger partial charge in [-0.1, -0.05) is 30.3 Å². The lowest BCUT2D eigenvalue weighted by molar-refractivity contribution is -0.384. The highest BCUT2D eigenvalue weighted by Crippen LogP contribution is 2.26. The Labute approximate surface area is 165 Å². The average Bonchev–Trinajstić information content (AvgIpc) is 2.93. The Morgan fingerprint density at radius 3 is 2.50 bits per heavy atom. The van der Waals surface area contributed by atoms with Crippen LogP contribution in [0.15, 0.2) is 48.5 Å². The van der Waals surface area contributed by atoms with E-state index in [0.29, 0.717) is 24.3 Å². The summed E-state index contributed by atoms with van der Waals surface area (Å²) in [5.74, 6) is -0.144. The van der Waals surface area contributed by atoms with Gasteiger partial charge >= 0.3 is 0 Å². The molecule has 1 amide bonds. The molecule has 0 unspecified atom stereocenters. The molecule has 0 spiro atoms. The minimum atomic E-state index is -0.458. The Bertz CT molecular complexity index is 839. The number of nitrogens with zero attached hydrogens (tertiary/aromatic N) is 4. The van der Waals surface area contributed by atoms with E-state index in [-0.39, 0.29) is 11.6 Å². The van der Waals surface area contributed by atoms with Crippen molar-refractivity contribution in [1.29, 1.82) is 0 Å². The lowest BCUT2D eigenvalue weighted by atomic mass is 10.1. The molecule has 0 bridgehead atoms. The molecule has 0 aromatic heterocycles. The third-order valence-corrected chi connectivity index (χ3v) is 5.03. The van der Waals surface area contributed by atoms with Crippen molar-refractivity contribution < 1.29 is 9.72 Å². The van der Waals surface area contributed by atoms with E-state index in [1.165, 1.54) is 17.7 Å². The molecule has 0 N–H and O–H groups in total. The Hall–Kier alpha value is -2.93. The largest absolute Gasteiger partial charge is 0.377 e. The fourth-order valence-electron chi connectivity index (χ4n) is 3.54. The Morgan fingerprint density at radius 1 is 1.07 bits per heavy atom. The van der Waals surface area contributed by atoms with Gasteiger partial charge < -0.3 is 9.80 Å². The number of carbonyl (C=O) groups excluding carboxylic acids is 1. The first kappa shape index (κ1) is 19.8. The van der Waals surface area contributed by atoms with Crippen molar-refractivity contribution in [2.24, 2.45) is 0 Å². The lowest BCUT2D eigenvalue weighted by Crippen LogP contribution is -2.35. The fourth-order valence-corrected chi connectivity index (χ4v) is 3.54. The maximum absolute atomic E-state index is 13.2. The third kappa shape index (κ3) is 4.67. The number of non-ortho nitro benzene ring substituents is 1. The van der Waals surface area contributed by atoms with Crippen molar-refractivity contribution in [1.82, 2.24) is 9.80 Å². The molecule has 1 fully saturated rings. The number of rotatable bonds is 5. The summed E-state index contributed by atoms with van der Waals surface area (Å²) < 4.78 is 0. The van der Waals surface area contributed by atoms with Gasteiger partial charge in [-0.3, -0.25) is 19.8 Å². The number of benzene rings is 2. The van der Waals surface area contributed by atoms with E-state index in [4.69, 9.17) is 0 Å². The number of hydrogen-bond donors (Lipinski definition) is 0. The zero-order chi connectivity index (χ0) is 20.1. The minimum absolute atomic E-state index is 0.0607. The summed E-state index contributed by atoms with van der Waals surface area (Å²) in [6, 6.07) is 14.8. The molecular weight excluding hydrogens is 356 g/mol. The second-order valence-electron chi connectivity index (χ2n) is 7.26. The molecule has 0 atom stereocenters. The van der Waals surface area contributed by atoms with E-state index in [0.717, 1.165) is 26.1 Å². The zero-order valence-corrected chi connectivity index (χ0v) is 16.4. The van der Waals surface area contributed by atoms with E-state index in [9.17, 15) is 14.9 Å². The van der Waals surface area contributed by atoms with Crippen LogP contribution in [0.1, 0.15) is 22.3 Å². The minimum Gasteiger partial charge on any atom is -0.377 e. The van der Waals surface area contributed by atoms with Crippen LogP contribution in [0.25, 0.3) is 0 Å². The van der Waals surface area contributed by atoms with Crippen LogP contribution in [0.2, 0.25) is 0 Å². The number of anilines is 1. The highest BCUT2D eigenvalue weighted by atomic mass is 16.6. The summed E-state index contributed by atoms with van der Waals surface area (Å²) in [7, 11) is 3.67. The number of hydrogen-bond acceptors (Lipinski definition) is 5. The number of nitro benzene ring substituents is 1. The van der Waals surface area contributed by atoms with Gasteiger partial charge in [0, 0.05) is 64.6 Å². The van der Waals surface area contributed by atoms with Crippen molar-refractivity contribution >= 4 is 17.3 Å². The van der Waals surface area contributed by atoms with E-state index < -0.39 is 4.92 Å². The first-order valence-corrected chi connectivity index (χ1v) is 9.47. The molecule has 0 saturated carbocycles. The molecule has 0 radical (unpaired) electrons. The average molecular weight is 382 g/mol. The molecule has 0 aliphatic carbocycles. The van der Waals surface area contributed by atoms with Crippen molar-refractivity contribution in [2.75, 3.05) is 45.2 Å². The topological polar surface area (TPSA) is 69.9 Å². The zero-order valence-electron chi connectivity index (χ0n) is 16.4. The van der Waals surface area contributed by atoms with Crippen molar-refractivity contribution in [3.8, 4) is 0 Å². The van der Waals surface area contributed by atoms with Gasteiger partial charge in [-0.15, -0.1) is 0 Å². The van der Waals surface area contributed by atoms with Gasteiger partial charge in [-0.25, -0.2) is 0 Å². The van der Waals surface area contributed by atoms with Crippen LogP contribution < -0.4 is 4.90 Å². The molecule has 7 heteroatoms. The SMILES string of the molecule is CN(C)c1ccc([N+](=O)[O-])cc1C(=O)N1CCCN(Cc2ccccc2)CC1. The second kappa shape index (κ2) is 8.84. The van der Waals surface area contributed by atoms with Crippen molar-refractivity contribution in [3.63, 3.8) is 0 Å². The van der Waals surface area contributed by atoms with Gasteiger partial charge in [0.2, 0.25) is 0 Å². The molecule has 3 rings (SSSR count). The smallest absolute Gasteiger partial charge is 0.270 e. The molecule has 1 heterocycles. The first-order chi connectivity index (χ1) is 13.5. The summed E-state index contributed by atoms with van der Waals surface area (Å²) in [5, 5.41) is 11.2. The van der Waals surface area contributed by atoms with Crippen molar-refractivity contribution in [3.05, 3.63) is 69.8 Å². The highest BCUT2D eigenvalue weighted by Gasteiger charge is 2.25. The summed E-state index contributed by atoms with van der Waals surface area (Å²) >= 11 is 0. The molecular formula is C21H26N4O3. The molecule has 7 nitrogen and oxygen atoms in total. The van der Waals surface area contributed by atoms with Crippen LogP contribution in [0, 0.1) is 10.1 Å². The number of carbonyl (C=O) groups is 1. The first-order valence-electron chi connectivity index (χ1n) is 9.47. The standard InChI is InChI=1S/C21H26N4O3/c1-22(2)20-10-9-18(25(27)28)15-19(20)21(26)24-12-6-11-23(13-14-24)16-17-7-4-3-5-8-17/h3-5,7-10,15H,6,11-14,16H2,1-2H3. The summed E-state index contributed by atoms with van der Waals surface area (Å²) in [6.07, 6.45) is 0.880. The molecule has 1 aliphatic heterocycles. The molecule has 1 aliphatic rings. The Morgan fingerprint density at radius 2 is 1.82 bits per heavy atom. The van der Waals surface area contributed by atoms with Crippen LogP contribution in [0.5, 0.6) is 0 Å². The van der Waals surface area contributed by atoms with E-state index in [1.807, 2.05) is 42.1 Å². The fraction of sp³-hybridized carbons (Fsp3) is 0.381. The molecule has 28 heavy (non-hydrogen) atoms.